The van der Waals surface area contributed by atoms with Crippen LogP contribution in [0.15, 0.2) is 207 Å². The van der Waals surface area contributed by atoms with E-state index in [1.807, 2.05) is 66.5 Å². The molecule has 65 heavy (non-hydrogen) atoms. The van der Waals surface area contributed by atoms with Crippen molar-refractivity contribution in [2.45, 2.75) is 20.8 Å². The summed E-state index contributed by atoms with van der Waals surface area (Å²) in [6, 6.07) is 64.9. The summed E-state index contributed by atoms with van der Waals surface area (Å²) < 4.78 is 4.90. The molecule has 0 bridgehead atoms. The molecular weight excluding hydrogens is 811 g/mol. The lowest BCUT2D eigenvalue weighted by Crippen LogP contribution is -1.95. The van der Waals surface area contributed by atoms with Crippen molar-refractivity contribution in [2.24, 2.45) is 0 Å². The Kier molecular flexibility index (Phi) is 10.3. The van der Waals surface area contributed by atoms with Gasteiger partial charge < -0.3 is 4.57 Å². The van der Waals surface area contributed by atoms with Crippen molar-refractivity contribution in [1.82, 2.24) is 24.5 Å². The maximum absolute atomic E-state index is 4.67. The van der Waals surface area contributed by atoms with Crippen LogP contribution in [0.25, 0.3) is 104 Å². The first kappa shape index (κ1) is 39.8. The van der Waals surface area contributed by atoms with Crippen LogP contribution in [0.2, 0.25) is 0 Å². The number of nitrogens with zero attached hydrogens (tertiary/aromatic N) is 5. The predicted octanol–water partition coefficient (Wildman–Crippen LogP) is 15.7. The van der Waals surface area contributed by atoms with Crippen molar-refractivity contribution in [3.8, 4) is 61.8 Å². The van der Waals surface area contributed by atoms with E-state index in [-0.39, 0.29) is 0 Å². The average molecular weight is 854 g/mol. The van der Waals surface area contributed by atoms with Crippen molar-refractivity contribution in [1.29, 1.82) is 0 Å². The van der Waals surface area contributed by atoms with Gasteiger partial charge in [0.15, 0.2) is 11.6 Å². The van der Waals surface area contributed by atoms with Crippen LogP contribution in [-0.2, 0) is 0 Å². The summed E-state index contributed by atoms with van der Waals surface area (Å²) in [6.45, 7) is 6.44. The molecule has 4 heterocycles. The van der Waals surface area contributed by atoms with Gasteiger partial charge in [-0.25, -0.2) is 19.9 Å². The zero-order valence-electron chi connectivity index (χ0n) is 36.3. The lowest BCUT2D eigenvalue weighted by molar-refractivity contribution is 1.17. The summed E-state index contributed by atoms with van der Waals surface area (Å²) in [5.41, 5.74) is 16.3. The van der Waals surface area contributed by atoms with Crippen molar-refractivity contribution in [3.63, 3.8) is 0 Å². The molecule has 0 aliphatic heterocycles. The lowest BCUT2D eigenvalue weighted by Gasteiger charge is -2.16. The molecule has 0 saturated heterocycles. The van der Waals surface area contributed by atoms with Crippen molar-refractivity contribution in [3.05, 3.63) is 223 Å². The van der Waals surface area contributed by atoms with Crippen LogP contribution in [0.1, 0.15) is 16.7 Å². The summed E-state index contributed by atoms with van der Waals surface area (Å²) in [6.07, 6.45) is 7.25. The van der Waals surface area contributed by atoms with Crippen LogP contribution in [0.5, 0.6) is 0 Å². The first-order chi connectivity index (χ1) is 32.0. The number of aryl methyl sites for hydroxylation is 3. The molecule has 0 unspecified atom stereocenters. The zero-order chi connectivity index (χ0) is 43.9. The van der Waals surface area contributed by atoms with Gasteiger partial charge in [-0.05, 0) is 138 Å². The van der Waals surface area contributed by atoms with Gasteiger partial charge in [-0.3, -0.25) is 0 Å². The second-order valence-corrected chi connectivity index (χ2v) is 17.5. The molecule has 0 spiro atoms. The minimum absolute atomic E-state index is 0.720. The van der Waals surface area contributed by atoms with Gasteiger partial charge in [-0.2, -0.15) is 0 Å². The van der Waals surface area contributed by atoms with Crippen molar-refractivity contribution >= 4 is 53.3 Å². The van der Waals surface area contributed by atoms with Crippen LogP contribution in [-0.4, -0.2) is 24.5 Å². The van der Waals surface area contributed by atoms with Gasteiger partial charge in [-0.1, -0.05) is 115 Å². The topological polar surface area (TPSA) is 56.5 Å². The molecule has 0 N–H and O–H groups in total. The molecule has 0 saturated carbocycles. The molecule has 12 aromatic rings. The summed E-state index contributed by atoms with van der Waals surface area (Å²) in [5, 5.41) is 4.84. The van der Waals surface area contributed by atoms with Crippen LogP contribution < -0.4 is 0 Å². The van der Waals surface area contributed by atoms with E-state index in [0.29, 0.717) is 0 Å². The zero-order valence-corrected chi connectivity index (χ0v) is 37.1. The SMILES string of the molecule is Cc1ccc(-c2ccc3sc4ccc(-c5ccc6c(c5)c5c(-c7ncccn7)cccc5n6-c5ccccc5)cc4c3c2)cc1-c1c(C)cccc1-c1ncccn1.Cc1ccccc1. The molecule has 8 aromatic carbocycles. The van der Waals surface area contributed by atoms with Gasteiger partial charge in [0.2, 0.25) is 0 Å². The Morgan fingerprint density at radius 3 is 1.55 bits per heavy atom. The Labute approximate surface area is 382 Å². The number of para-hydroxylation sites is 1. The first-order valence-electron chi connectivity index (χ1n) is 21.9. The number of benzene rings is 8. The van der Waals surface area contributed by atoms with Crippen LogP contribution >= 0.6 is 11.3 Å². The normalized spacial score (nSPS) is 11.3. The number of hydrogen-bond donors (Lipinski definition) is 0. The Morgan fingerprint density at radius 1 is 0.385 bits per heavy atom. The maximum Gasteiger partial charge on any atom is 0.159 e. The van der Waals surface area contributed by atoms with Crippen LogP contribution in [0, 0.1) is 20.8 Å². The highest BCUT2D eigenvalue weighted by Crippen LogP contribution is 2.43. The van der Waals surface area contributed by atoms with Crippen molar-refractivity contribution < 1.29 is 0 Å². The van der Waals surface area contributed by atoms with E-state index >= 15 is 0 Å². The van der Waals surface area contributed by atoms with Crippen LogP contribution in [0.3, 0.4) is 0 Å². The van der Waals surface area contributed by atoms with Gasteiger partial charge in [0.25, 0.3) is 0 Å². The van der Waals surface area contributed by atoms with Gasteiger partial charge in [0.05, 0.1) is 11.0 Å². The fourth-order valence-electron chi connectivity index (χ4n) is 9.12. The fraction of sp³-hybridized carbons (Fsp3) is 0.0508. The fourth-order valence-corrected chi connectivity index (χ4v) is 10.2. The third kappa shape index (κ3) is 7.44. The number of aromatic nitrogens is 5. The minimum atomic E-state index is 0.720. The van der Waals surface area contributed by atoms with Gasteiger partial charge >= 0.3 is 0 Å². The Morgan fingerprint density at radius 2 is 0.923 bits per heavy atom. The highest BCUT2D eigenvalue weighted by Gasteiger charge is 2.19. The Hall–Kier alpha value is -8.06. The molecule has 310 valence electrons. The molecule has 0 aliphatic rings. The highest BCUT2D eigenvalue weighted by molar-refractivity contribution is 7.25. The van der Waals surface area contributed by atoms with E-state index in [0.717, 1.165) is 44.9 Å². The molecular formula is C59H43N5S. The van der Waals surface area contributed by atoms with Gasteiger partial charge in [0.1, 0.15) is 0 Å². The second-order valence-electron chi connectivity index (χ2n) is 16.5. The standard InChI is InChI=1S/C52H35N5S.C7H8/c1-32-16-17-34(28-41(32)49-33(2)10-6-13-39(49)51-53-24-8-25-54-51)36-19-22-47-42(29-36)43-30-37(20-23-48(43)58-47)35-18-21-45-44(31-35)50-40(52-55-26-9-27-56-52)14-7-15-46(50)57(45)38-11-4-3-5-12-38;1-7-5-3-2-4-6-7/h3-31H,1-2H3;2-6H,1H3. The number of hydrogen-bond acceptors (Lipinski definition) is 5. The quantitative estimate of drug-likeness (QED) is 0.167. The Balaban J connectivity index is 0.000000615. The van der Waals surface area contributed by atoms with E-state index in [9.17, 15) is 0 Å². The molecule has 12 rings (SSSR count). The number of fused-ring (bicyclic) bond motifs is 6. The highest BCUT2D eigenvalue weighted by atomic mass is 32.1. The van der Waals surface area contributed by atoms with Crippen molar-refractivity contribution in [2.75, 3.05) is 0 Å². The molecule has 0 radical (unpaired) electrons. The van der Waals surface area contributed by atoms with E-state index < -0.39 is 0 Å². The molecule has 6 heteroatoms. The molecule has 4 aromatic heterocycles. The third-order valence-corrected chi connectivity index (χ3v) is 13.4. The molecule has 5 nitrogen and oxygen atoms in total. The van der Waals surface area contributed by atoms with E-state index in [4.69, 9.17) is 0 Å². The van der Waals surface area contributed by atoms with E-state index in [2.05, 4.69) is 197 Å². The molecule has 0 atom stereocenters. The third-order valence-electron chi connectivity index (χ3n) is 12.3. The monoisotopic (exact) mass is 853 g/mol. The number of thiophene rings is 1. The molecule has 0 fully saturated rings. The van der Waals surface area contributed by atoms with Crippen LogP contribution in [0.4, 0.5) is 0 Å². The van der Waals surface area contributed by atoms with E-state index in [1.165, 1.54) is 75.6 Å². The van der Waals surface area contributed by atoms with E-state index in [1.54, 1.807) is 0 Å². The molecule has 0 aliphatic carbocycles. The smallest absolute Gasteiger partial charge is 0.159 e. The summed E-state index contributed by atoms with van der Waals surface area (Å²) in [5.74, 6) is 1.46. The average Bonchev–Trinajstić information content (AvgIpc) is 3.90. The van der Waals surface area contributed by atoms with Gasteiger partial charge in [0, 0.05) is 72.5 Å². The van der Waals surface area contributed by atoms with Gasteiger partial charge in [-0.15, -0.1) is 11.3 Å². The second kappa shape index (κ2) is 16.9. The largest absolute Gasteiger partial charge is 0.309 e. The molecule has 0 amide bonds. The maximum atomic E-state index is 4.67. The Bertz CT molecular complexity index is 3670. The lowest BCUT2D eigenvalue weighted by atomic mass is 9.89. The number of rotatable bonds is 6. The summed E-state index contributed by atoms with van der Waals surface area (Å²) in [4.78, 5) is 18.6. The first-order valence-corrected chi connectivity index (χ1v) is 22.7. The minimum Gasteiger partial charge on any atom is -0.309 e. The predicted molar refractivity (Wildman–Crippen MR) is 273 cm³/mol. The summed E-state index contributed by atoms with van der Waals surface area (Å²) in [7, 11) is 0. The summed E-state index contributed by atoms with van der Waals surface area (Å²) >= 11 is 1.85.